The molecule has 4 heterocycles. The van der Waals surface area contributed by atoms with Crippen LogP contribution in [0.15, 0.2) is 35.5 Å². The van der Waals surface area contributed by atoms with Crippen molar-refractivity contribution < 1.29 is 49.8 Å². The maximum Gasteiger partial charge on any atom is 0.490 e. The minimum absolute atomic E-state index is 0.0106. The molecule has 13 nitrogen and oxygen atoms in total. The Labute approximate surface area is 276 Å². The van der Waals surface area contributed by atoms with E-state index in [-0.39, 0.29) is 40.7 Å². The highest BCUT2D eigenvalue weighted by Gasteiger charge is 2.38. The molecule has 262 valence electrons. The molecule has 48 heavy (non-hydrogen) atoms. The highest BCUT2D eigenvalue weighted by Crippen LogP contribution is 2.31. The largest absolute Gasteiger partial charge is 0.490 e. The zero-order chi connectivity index (χ0) is 35.1. The van der Waals surface area contributed by atoms with Gasteiger partial charge in [-0.15, -0.1) is 0 Å². The van der Waals surface area contributed by atoms with Crippen molar-refractivity contribution in [3.8, 4) is 6.01 Å². The minimum Gasteiger partial charge on any atom is -0.475 e. The third kappa shape index (κ3) is 9.54. The second-order valence-electron chi connectivity index (χ2n) is 10.7. The molecule has 2 aliphatic rings. The summed E-state index contributed by atoms with van der Waals surface area (Å²) in [6.07, 6.45) is 2.01. The molecule has 4 N–H and O–H groups in total. The van der Waals surface area contributed by atoms with Gasteiger partial charge in [0.2, 0.25) is 15.8 Å². The molecule has 0 spiro atoms. The van der Waals surface area contributed by atoms with E-state index >= 15 is 0 Å². The number of thiazole rings is 1. The smallest absolute Gasteiger partial charge is 0.475 e. The van der Waals surface area contributed by atoms with Gasteiger partial charge >= 0.3 is 18.2 Å². The van der Waals surface area contributed by atoms with Crippen molar-refractivity contribution in [3.63, 3.8) is 0 Å². The van der Waals surface area contributed by atoms with E-state index < -0.39 is 45.2 Å². The maximum atomic E-state index is 14.1. The number of nitrogens with two attached hydrogens (primary N) is 1. The first kappa shape index (κ1) is 36.8. The van der Waals surface area contributed by atoms with E-state index in [0.29, 0.717) is 24.6 Å². The maximum absolute atomic E-state index is 14.1. The standard InChI is InChI=1S/C26H31F2N7O4S2.C2HF3O2/c27-19-5-4-6-20(28)21(19)22(36)23-24(29)33-26(40-23)32-17-7-11-35(12-8-17)41(37,38)18-15-30-25(31-16-18)39-14-13-34-9-2-1-3-10-34;3-2(4,5)1(6)7/h4-6,15-17H,1-3,7-14,29H2,(H,32,33);(H,6,7). The van der Waals surface area contributed by atoms with E-state index in [0.717, 1.165) is 43.1 Å². The van der Waals surface area contributed by atoms with Crippen LogP contribution in [-0.2, 0) is 14.8 Å². The molecule has 0 unspecified atom stereocenters. The number of carboxylic acids is 1. The zero-order valence-electron chi connectivity index (χ0n) is 25.3. The molecule has 20 heteroatoms. The predicted molar refractivity (Wildman–Crippen MR) is 163 cm³/mol. The lowest BCUT2D eigenvalue weighted by Crippen LogP contribution is -2.42. The van der Waals surface area contributed by atoms with Crippen molar-refractivity contribution in [1.29, 1.82) is 0 Å². The number of hydrogen-bond acceptors (Lipinski definition) is 12. The van der Waals surface area contributed by atoms with Crippen molar-refractivity contribution in [2.24, 2.45) is 0 Å². The van der Waals surface area contributed by atoms with E-state index in [1.165, 1.54) is 42.0 Å². The van der Waals surface area contributed by atoms with Crippen LogP contribution in [0.1, 0.15) is 47.3 Å². The zero-order valence-corrected chi connectivity index (χ0v) is 26.9. The molecule has 0 radical (unpaired) electrons. The lowest BCUT2D eigenvalue weighted by Gasteiger charge is -2.31. The fraction of sp³-hybridized carbons (Fsp3) is 0.464. The summed E-state index contributed by atoms with van der Waals surface area (Å²) in [6.45, 7) is 3.81. The van der Waals surface area contributed by atoms with Crippen LogP contribution in [-0.4, -0.2) is 101 Å². The molecule has 0 aliphatic carbocycles. The molecule has 1 aromatic carbocycles. The summed E-state index contributed by atoms with van der Waals surface area (Å²) in [5.74, 6) is -5.74. The number of nitrogens with zero attached hydrogens (tertiary/aromatic N) is 5. The molecule has 5 rings (SSSR count). The number of aliphatic carboxylic acids is 1. The number of hydrogen-bond donors (Lipinski definition) is 3. The number of halogens is 5. The third-order valence-corrected chi connectivity index (χ3v) is 10.3. The Morgan fingerprint density at radius 1 is 1.04 bits per heavy atom. The summed E-state index contributed by atoms with van der Waals surface area (Å²) in [5.41, 5.74) is 5.20. The van der Waals surface area contributed by atoms with Crippen LogP contribution < -0.4 is 15.8 Å². The van der Waals surface area contributed by atoms with Crippen LogP contribution in [0, 0.1) is 11.6 Å². The Balaban J connectivity index is 0.000000671. The van der Waals surface area contributed by atoms with Gasteiger partial charge in [-0.25, -0.2) is 36.9 Å². The number of ketones is 1. The molecule has 2 aliphatic heterocycles. The highest BCUT2D eigenvalue weighted by atomic mass is 32.2. The molecule has 2 fully saturated rings. The van der Waals surface area contributed by atoms with Gasteiger partial charge in [-0.3, -0.25) is 9.69 Å². The molecule has 3 aromatic rings. The summed E-state index contributed by atoms with van der Waals surface area (Å²) in [7, 11) is -3.80. The first-order valence-electron chi connectivity index (χ1n) is 14.7. The summed E-state index contributed by atoms with van der Waals surface area (Å²) >= 11 is 0.899. The lowest BCUT2D eigenvalue weighted by atomic mass is 10.1. The number of sulfonamides is 1. The first-order chi connectivity index (χ1) is 22.7. The average molecular weight is 722 g/mol. The van der Waals surface area contributed by atoms with Crippen molar-refractivity contribution in [1.82, 2.24) is 24.2 Å². The van der Waals surface area contributed by atoms with Crippen molar-refractivity contribution in [2.75, 3.05) is 50.4 Å². The number of carboxylic acid groups (broad SMARTS) is 1. The predicted octanol–water partition coefficient (Wildman–Crippen LogP) is 3.79. The number of ether oxygens (including phenoxy) is 1. The number of aromatic nitrogens is 3. The van der Waals surface area contributed by atoms with Gasteiger partial charge in [-0.2, -0.15) is 17.5 Å². The summed E-state index contributed by atoms with van der Waals surface area (Å²) in [6, 6.07) is 3.17. The molecular weight excluding hydrogens is 689 g/mol. The van der Waals surface area contributed by atoms with Crippen LogP contribution in [0.5, 0.6) is 6.01 Å². The van der Waals surface area contributed by atoms with Gasteiger partial charge < -0.3 is 20.9 Å². The topological polar surface area (TPSA) is 181 Å². The van der Waals surface area contributed by atoms with Gasteiger partial charge in [-0.1, -0.05) is 23.8 Å². The Morgan fingerprint density at radius 3 is 2.19 bits per heavy atom. The number of likely N-dealkylation sites (tertiary alicyclic amines) is 1. The van der Waals surface area contributed by atoms with Crippen LogP contribution in [0.25, 0.3) is 0 Å². The van der Waals surface area contributed by atoms with Crippen LogP contribution in [0.4, 0.5) is 32.9 Å². The van der Waals surface area contributed by atoms with Crippen molar-refractivity contribution >= 4 is 44.1 Å². The van der Waals surface area contributed by atoms with Gasteiger partial charge in [0.15, 0.2) is 5.13 Å². The van der Waals surface area contributed by atoms with E-state index in [2.05, 4.69) is 25.2 Å². The number of benzene rings is 1. The monoisotopic (exact) mass is 721 g/mol. The second-order valence-corrected chi connectivity index (χ2v) is 13.7. The molecule has 0 saturated carbocycles. The first-order valence-corrected chi connectivity index (χ1v) is 16.9. The normalized spacial score (nSPS) is 16.5. The quantitative estimate of drug-likeness (QED) is 0.204. The fourth-order valence-corrected chi connectivity index (χ4v) is 7.18. The Kier molecular flexibility index (Phi) is 12.2. The molecule has 0 amide bonds. The minimum atomic E-state index is -5.08. The molecular formula is C28H32F5N7O6S2. The van der Waals surface area contributed by atoms with Gasteiger partial charge in [0.25, 0.3) is 0 Å². The molecule has 0 bridgehead atoms. The summed E-state index contributed by atoms with van der Waals surface area (Å²) in [4.78, 5) is 36.2. The van der Waals surface area contributed by atoms with E-state index in [1.54, 1.807) is 0 Å². The number of piperidine rings is 2. The number of anilines is 2. The number of carbonyl (C=O) groups is 2. The van der Waals surface area contributed by atoms with Crippen LogP contribution >= 0.6 is 11.3 Å². The lowest BCUT2D eigenvalue weighted by molar-refractivity contribution is -0.192. The van der Waals surface area contributed by atoms with Gasteiger partial charge in [0, 0.05) is 25.7 Å². The number of nitrogen functional groups attached to an aromatic ring is 1. The summed E-state index contributed by atoms with van der Waals surface area (Å²) in [5, 5.41) is 10.6. The molecule has 2 aromatic heterocycles. The highest BCUT2D eigenvalue weighted by molar-refractivity contribution is 7.89. The Hall–Kier alpha value is -4.01. The molecule has 2 saturated heterocycles. The summed E-state index contributed by atoms with van der Waals surface area (Å²) < 4.78 is 93.2. The van der Waals surface area contributed by atoms with Crippen molar-refractivity contribution in [3.05, 3.63) is 52.7 Å². The van der Waals surface area contributed by atoms with E-state index in [9.17, 15) is 35.2 Å². The Bertz CT molecular complexity index is 1660. The fourth-order valence-electron chi connectivity index (χ4n) is 4.91. The average Bonchev–Trinajstić information content (AvgIpc) is 3.41. The second kappa shape index (κ2) is 15.9. The third-order valence-electron chi connectivity index (χ3n) is 7.40. The van der Waals surface area contributed by atoms with Crippen molar-refractivity contribution in [2.45, 2.75) is 49.2 Å². The number of nitrogens with one attached hydrogen (secondary N) is 1. The van der Waals surface area contributed by atoms with Gasteiger partial charge in [0.1, 0.15) is 33.8 Å². The number of carbonyl (C=O) groups excluding carboxylic acids is 1. The van der Waals surface area contributed by atoms with Gasteiger partial charge in [0.05, 0.1) is 18.0 Å². The van der Waals surface area contributed by atoms with Gasteiger partial charge in [-0.05, 0) is 50.9 Å². The Morgan fingerprint density at radius 2 is 1.62 bits per heavy atom. The van der Waals surface area contributed by atoms with Crippen LogP contribution in [0.2, 0.25) is 0 Å². The SMILES string of the molecule is Nc1nc(NC2CCN(S(=O)(=O)c3cnc(OCCN4CCCCC4)nc3)CC2)sc1C(=O)c1c(F)cccc1F.O=C(O)C(F)(F)F. The number of alkyl halides is 3. The molecule has 0 atom stereocenters. The number of rotatable bonds is 10. The van der Waals surface area contributed by atoms with E-state index in [1.807, 2.05) is 0 Å². The van der Waals surface area contributed by atoms with Crippen LogP contribution in [0.3, 0.4) is 0 Å². The van der Waals surface area contributed by atoms with E-state index in [4.69, 9.17) is 20.4 Å².